The number of carbonyl (C=O) groups is 1. The van der Waals surface area contributed by atoms with Gasteiger partial charge in [0.25, 0.3) is 5.91 Å². The van der Waals surface area contributed by atoms with Gasteiger partial charge in [-0.05, 0) is 48.4 Å². The molecule has 31 heavy (non-hydrogen) atoms. The maximum Gasteiger partial charge on any atom is 0.251 e. The molecule has 0 saturated heterocycles. The van der Waals surface area contributed by atoms with Crippen LogP contribution in [0.2, 0.25) is 5.02 Å². The summed E-state index contributed by atoms with van der Waals surface area (Å²) in [7, 11) is 0. The van der Waals surface area contributed by atoms with Crippen molar-refractivity contribution in [2.45, 2.75) is 20.0 Å². The largest absolute Gasteiger partial charge is 0.357 e. The maximum atomic E-state index is 12.2. The highest BCUT2D eigenvalue weighted by Gasteiger charge is 2.06. The number of hydrogen-bond acceptors (Lipinski definition) is 3. The number of nitrogens with one attached hydrogen (secondary N) is 3. The Bertz CT molecular complexity index is 986. The van der Waals surface area contributed by atoms with Crippen molar-refractivity contribution in [2.24, 2.45) is 4.99 Å². The SMILES string of the molecule is CCNC(=NCc1ccccc1Cn1cccn1)NCCNC(=O)c1ccc(Cl)cc1. The highest BCUT2D eigenvalue weighted by Crippen LogP contribution is 2.12. The molecule has 0 aliphatic heterocycles. The van der Waals surface area contributed by atoms with E-state index >= 15 is 0 Å². The first-order valence-electron chi connectivity index (χ1n) is 10.3. The van der Waals surface area contributed by atoms with Gasteiger partial charge >= 0.3 is 0 Å². The average molecular weight is 439 g/mol. The first-order valence-corrected chi connectivity index (χ1v) is 10.6. The number of halogens is 1. The van der Waals surface area contributed by atoms with Crippen molar-refractivity contribution in [1.29, 1.82) is 0 Å². The van der Waals surface area contributed by atoms with Gasteiger partial charge in [0.2, 0.25) is 0 Å². The number of nitrogens with zero attached hydrogens (tertiary/aromatic N) is 3. The minimum atomic E-state index is -0.132. The standard InChI is InChI=1S/C23H27ClN6O/c1-2-25-23(27-14-13-26-22(31)18-8-10-21(24)11-9-18)28-16-19-6-3-4-7-20(19)17-30-15-5-12-29-30/h3-12,15H,2,13-14,16-17H2,1H3,(H,26,31)(H2,25,27,28). The lowest BCUT2D eigenvalue weighted by atomic mass is 10.1. The lowest BCUT2D eigenvalue weighted by molar-refractivity contribution is 0.0954. The normalized spacial score (nSPS) is 11.2. The number of aliphatic imine (C=N–C) groups is 1. The molecule has 1 aromatic heterocycles. The Morgan fingerprint density at radius 3 is 2.45 bits per heavy atom. The van der Waals surface area contributed by atoms with Crippen LogP contribution in [-0.2, 0) is 13.1 Å². The summed E-state index contributed by atoms with van der Waals surface area (Å²) in [6.45, 7) is 5.05. The van der Waals surface area contributed by atoms with Crippen LogP contribution in [0.15, 0.2) is 72.0 Å². The minimum absolute atomic E-state index is 0.132. The molecule has 0 saturated carbocycles. The minimum Gasteiger partial charge on any atom is -0.357 e. The summed E-state index contributed by atoms with van der Waals surface area (Å²) in [6, 6.07) is 17.0. The number of rotatable bonds is 9. The fraction of sp³-hybridized carbons (Fsp3) is 0.261. The van der Waals surface area contributed by atoms with E-state index in [9.17, 15) is 4.79 Å². The van der Waals surface area contributed by atoms with Crippen molar-refractivity contribution < 1.29 is 4.79 Å². The molecule has 1 heterocycles. The predicted octanol–water partition coefficient (Wildman–Crippen LogP) is 3.07. The van der Waals surface area contributed by atoms with Crippen molar-refractivity contribution in [1.82, 2.24) is 25.7 Å². The number of amides is 1. The molecule has 1 amide bonds. The molecule has 0 aliphatic carbocycles. The molecule has 3 N–H and O–H groups in total. The van der Waals surface area contributed by atoms with Gasteiger partial charge in [0.1, 0.15) is 0 Å². The van der Waals surface area contributed by atoms with Crippen LogP contribution in [0.1, 0.15) is 28.4 Å². The van der Waals surface area contributed by atoms with Crippen LogP contribution in [-0.4, -0.2) is 41.3 Å². The summed E-state index contributed by atoms with van der Waals surface area (Å²) in [4.78, 5) is 16.9. The summed E-state index contributed by atoms with van der Waals surface area (Å²) in [5.41, 5.74) is 2.91. The van der Waals surface area contributed by atoms with E-state index in [0.717, 1.165) is 12.1 Å². The zero-order valence-corrected chi connectivity index (χ0v) is 18.3. The summed E-state index contributed by atoms with van der Waals surface area (Å²) in [5, 5.41) is 14.3. The second-order valence-corrected chi connectivity index (χ2v) is 7.29. The van der Waals surface area contributed by atoms with Crippen LogP contribution in [0.4, 0.5) is 0 Å². The summed E-state index contributed by atoms with van der Waals surface area (Å²) in [6.07, 6.45) is 3.73. The van der Waals surface area contributed by atoms with Crippen LogP contribution >= 0.6 is 11.6 Å². The lowest BCUT2D eigenvalue weighted by Gasteiger charge is -2.13. The highest BCUT2D eigenvalue weighted by atomic mass is 35.5. The van der Waals surface area contributed by atoms with Gasteiger partial charge in [-0.15, -0.1) is 0 Å². The van der Waals surface area contributed by atoms with Gasteiger partial charge in [-0.2, -0.15) is 5.10 Å². The van der Waals surface area contributed by atoms with E-state index in [-0.39, 0.29) is 5.91 Å². The fourth-order valence-corrected chi connectivity index (χ4v) is 3.13. The van der Waals surface area contributed by atoms with Crippen molar-refractivity contribution in [3.05, 3.63) is 88.7 Å². The van der Waals surface area contributed by atoms with Gasteiger partial charge in [-0.25, -0.2) is 4.99 Å². The molecule has 3 aromatic rings. The van der Waals surface area contributed by atoms with Crippen LogP contribution in [0.25, 0.3) is 0 Å². The topological polar surface area (TPSA) is 83.3 Å². The van der Waals surface area contributed by atoms with Gasteiger partial charge in [-0.3, -0.25) is 9.48 Å². The van der Waals surface area contributed by atoms with E-state index in [0.29, 0.717) is 42.7 Å². The Balaban J connectivity index is 1.52. The Kier molecular flexibility index (Phi) is 8.48. The predicted molar refractivity (Wildman–Crippen MR) is 124 cm³/mol. The molecule has 3 rings (SSSR count). The zero-order chi connectivity index (χ0) is 21.9. The molecule has 0 radical (unpaired) electrons. The van der Waals surface area contributed by atoms with Gasteiger partial charge in [0.15, 0.2) is 5.96 Å². The van der Waals surface area contributed by atoms with Gasteiger partial charge in [-0.1, -0.05) is 35.9 Å². The van der Waals surface area contributed by atoms with Crippen LogP contribution in [0.5, 0.6) is 0 Å². The molecule has 162 valence electrons. The average Bonchev–Trinajstić information content (AvgIpc) is 3.29. The molecule has 0 aliphatic rings. The highest BCUT2D eigenvalue weighted by molar-refractivity contribution is 6.30. The maximum absolute atomic E-state index is 12.2. The third-order valence-electron chi connectivity index (χ3n) is 4.57. The molecule has 0 spiro atoms. The second kappa shape index (κ2) is 11.8. The van der Waals surface area contributed by atoms with Crippen molar-refractivity contribution >= 4 is 23.5 Å². The van der Waals surface area contributed by atoms with E-state index in [4.69, 9.17) is 16.6 Å². The number of guanidine groups is 1. The van der Waals surface area contributed by atoms with Crippen LogP contribution < -0.4 is 16.0 Å². The number of hydrogen-bond donors (Lipinski definition) is 3. The van der Waals surface area contributed by atoms with E-state index in [1.54, 1.807) is 30.5 Å². The van der Waals surface area contributed by atoms with E-state index in [2.05, 4.69) is 33.2 Å². The van der Waals surface area contributed by atoms with Crippen LogP contribution in [0, 0.1) is 0 Å². The fourth-order valence-electron chi connectivity index (χ4n) is 3.00. The second-order valence-electron chi connectivity index (χ2n) is 6.86. The zero-order valence-electron chi connectivity index (χ0n) is 17.5. The number of benzene rings is 2. The van der Waals surface area contributed by atoms with E-state index in [1.165, 1.54) is 5.56 Å². The number of carbonyl (C=O) groups excluding carboxylic acids is 1. The quantitative estimate of drug-likeness (QED) is 0.272. The van der Waals surface area contributed by atoms with Crippen molar-refractivity contribution in [3.8, 4) is 0 Å². The molecule has 0 bridgehead atoms. The summed E-state index contributed by atoms with van der Waals surface area (Å²) < 4.78 is 1.90. The Morgan fingerprint density at radius 2 is 1.74 bits per heavy atom. The molecule has 0 fully saturated rings. The van der Waals surface area contributed by atoms with Gasteiger partial charge < -0.3 is 16.0 Å². The van der Waals surface area contributed by atoms with Crippen molar-refractivity contribution in [3.63, 3.8) is 0 Å². The van der Waals surface area contributed by atoms with Gasteiger partial charge in [0.05, 0.1) is 13.1 Å². The van der Waals surface area contributed by atoms with Crippen LogP contribution in [0.3, 0.4) is 0 Å². The molecule has 8 heteroatoms. The molecule has 7 nitrogen and oxygen atoms in total. The molecular weight excluding hydrogens is 412 g/mol. The lowest BCUT2D eigenvalue weighted by Crippen LogP contribution is -2.41. The van der Waals surface area contributed by atoms with Crippen molar-refractivity contribution in [2.75, 3.05) is 19.6 Å². The number of aromatic nitrogens is 2. The molecule has 0 unspecified atom stereocenters. The molecular formula is C23H27ClN6O. The third-order valence-corrected chi connectivity index (χ3v) is 4.82. The Morgan fingerprint density at radius 1 is 1.00 bits per heavy atom. The monoisotopic (exact) mass is 438 g/mol. The smallest absolute Gasteiger partial charge is 0.251 e. The first kappa shape index (κ1) is 22.4. The van der Waals surface area contributed by atoms with E-state index < -0.39 is 0 Å². The molecule has 2 aromatic carbocycles. The summed E-state index contributed by atoms with van der Waals surface area (Å²) >= 11 is 5.86. The van der Waals surface area contributed by atoms with Gasteiger partial charge in [0, 0.05) is 42.6 Å². The summed E-state index contributed by atoms with van der Waals surface area (Å²) in [5.74, 6) is 0.574. The molecule has 0 atom stereocenters. The van der Waals surface area contributed by atoms with E-state index in [1.807, 2.05) is 36.0 Å². The first-order chi connectivity index (χ1) is 15.2. The third kappa shape index (κ3) is 7.15. The Hall–Kier alpha value is -3.32. The Labute approximate surface area is 187 Å².